The lowest BCUT2D eigenvalue weighted by Crippen LogP contribution is -2.63. The van der Waals surface area contributed by atoms with Crippen molar-refractivity contribution in [3.05, 3.63) is 53.9 Å². The average molecular weight is 382 g/mol. The van der Waals surface area contributed by atoms with Gasteiger partial charge in [0.25, 0.3) is 0 Å². The fourth-order valence-electron chi connectivity index (χ4n) is 4.97. The van der Waals surface area contributed by atoms with Gasteiger partial charge in [0, 0.05) is 43.4 Å². The maximum atomic E-state index is 12.2. The quantitative estimate of drug-likeness (QED) is 0.832. The number of likely N-dealkylation sites (tertiary alicyclic amines) is 1. The van der Waals surface area contributed by atoms with Crippen molar-refractivity contribution < 1.29 is 9.84 Å². The van der Waals surface area contributed by atoms with E-state index in [0.29, 0.717) is 6.61 Å². The van der Waals surface area contributed by atoms with Crippen LogP contribution in [-0.4, -0.2) is 54.8 Å². The number of aromatic nitrogens is 1. The second kappa shape index (κ2) is 7.37. The molecule has 1 aromatic heterocycles. The molecule has 2 aromatic rings. The van der Waals surface area contributed by atoms with Gasteiger partial charge in [0.2, 0.25) is 0 Å². The molecule has 0 bridgehead atoms. The lowest BCUT2D eigenvalue weighted by molar-refractivity contribution is -0.127. The second-order valence-corrected chi connectivity index (χ2v) is 8.53. The molecular weight excluding hydrogens is 350 g/mol. The van der Waals surface area contributed by atoms with Crippen molar-refractivity contribution in [3.63, 3.8) is 0 Å². The predicted octanol–water partition coefficient (Wildman–Crippen LogP) is 3.27. The first-order chi connectivity index (χ1) is 13.5. The summed E-state index contributed by atoms with van der Waals surface area (Å²) in [6.45, 7) is 8.58. The predicted molar refractivity (Wildman–Crippen MR) is 112 cm³/mol. The summed E-state index contributed by atoms with van der Waals surface area (Å²) in [6.07, 6.45) is 6.19. The molecule has 2 aliphatic rings. The van der Waals surface area contributed by atoms with Gasteiger partial charge in [-0.2, -0.15) is 0 Å². The fourth-order valence-corrected chi connectivity index (χ4v) is 4.97. The molecule has 0 radical (unpaired) electrons. The lowest BCUT2D eigenvalue weighted by Gasteiger charge is -2.55. The maximum Gasteiger partial charge on any atom is 0.124 e. The van der Waals surface area contributed by atoms with E-state index >= 15 is 0 Å². The van der Waals surface area contributed by atoms with Crippen molar-refractivity contribution >= 4 is 5.69 Å². The Morgan fingerprint density at radius 1 is 1.11 bits per heavy atom. The highest BCUT2D eigenvalue weighted by molar-refractivity contribution is 5.51. The number of ether oxygens (including phenoxy) is 1. The Hall–Kier alpha value is -2.11. The third-order valence-electron chi connectivity index (χ3n) is 6.31. The number of rotatable bonds is 6. The van der Waals surface area contributed by atoms with Crippen LogP contribution < -0.4 is 9.64 Å². The summed E-state index contributed by atoms with van der Waals surface area (Å²) in [7, 11) is 2.10. The summed E-state index contributed by atoms with van der Waals surface area (Å²) in [5, 5.41) is 12.2. The summed E-state index contributed by atoms with van der Waals surface area (Å²) in [4.78, 5) is 9.13. The standard InChI is InChI=1S/C23H31N3O2/c1-4-28-21-9-7-18(8-10-21)23(27,22(2)16-25(3)17-22)19-13-20(15-24-14-19)26-11-5-6-12-26/h7-10,13-15,27H,4-6,11-12,16-17H2,1-3H3. The SMILES string of the molecule is CCOc1ccc(C(O)(c2cncc(N3CCCC3)c2)C2(C)CN(C)C2)cc1. The Balaban J connectivity index is 1.76. The zero-order chi connectivity index (χ0) is 19.8. The minimum atomic E-state index is -1.10. The van der Waals surface area contributed by atoms with Crippen molar-refractivity contribution in [1.82, 2.24) is 9.88 Å². The van der Waals surface area contributed by atoms with Gasteiger partial charge in [0.15, 0.2) is 0 Å². The van der Waals surface area contributed by atoms with Crippen LogP contribution in [0.4, 0.5) is 5.69 Å². The van der Waals surface area contributed by atoms with E-state index in [1.807, 2.05) is 43.6 Å². The molecule has 1 atom stereocenters. The van der Waals surface area contributed by atoms with E-state index in [1.165, 1.54) is 12.8 Å². The third kappa shape index (κ3) is 3.16. The van der Waals surface area contributed by atoms with Crippen LogP contribution in [0.15, 0.2) is 42.7 Å². The van der Waals surface area contributed by atoms with E-state index in [2.05, 4.69) is 34.8 Å². The molecule has 5 heteroatoms. The molecule has 2 saturated heterocycles. The van der Waals surface area contributed by atoms with Crippen LogP contribution in [0.5, 0.6) is 5.75 Å². The normalized spacial score (nSPS) is 21.2. The molecule has 1 N–H and O–H groups in total. The molecule has 0 amide bonds. The van der Waals surface area contributed by atoms with Crippen molar-refractivity contribution in [3.8, 4) is 5.75 Å². The van der Waals surface area contributed by atoms with Gasteiger partial charge in [-0.1, -0.05) is 19.1 Å². The van der Waals surface area contributed by atoms with Crippen LogP contribution in [0.3, 0.4) is 0 Å². The Bertz CT molecular complexity index is 811. The molecule has 2 fully saturated rings. The molecule has 0 spiro atoms. The third-order valence-corrected chi connectivity index (χ3v) is 6.31. The molecule has 0 saturated carbocycles. The minimum absolute atomic E-state index is 0.278. The van der Waals surface area contributed by atoms with E-state index in [0.717, 1.165) is 48.7 Å². The summed E-state index contributed by atoms with van der Waals surface area (Å²) < 4.78 is 5.60. The van der Waals surface area contributed by atoms with Crippen molar-refractivity contribution in [2.45, 2.75) is 32.3 Å². The zero-order valence-corrected chi connectivity index (χ0v) is 17.2. The second-order valence-electron chi connectivity index (χ2n) is 8.53. The van der Waals surface area contributed by atoms with Gasteiger partial charge in [0.1, 0.15) is 11.4 Å². The van der Waals surface area contributed by atoms with Crippen molar-refractivity contribution in [2.75, 3.05) is 44.7 Å². The number of hydrogen-bond acceptors (Lipinski definition) is 5. The van der Waals surface area contributed by atoms with Gasteiger partial charge >= 0.3 is 0 Å². The van der Waals surface area contributed by atoms with Gasteiger partial charge in [-0.25, -0.2) is 0 Å². The highest BCUT2D eigenvalue weighted by atomic mass is 16.5. The van der Waals surface area contributed by atoms with Gasteiger partial charge in [0.05, 0.1) is 18.5 Å². The molecule has 3 heterocycles. The molecule has 150 valence electrons. The Kier molecular flexibility index (Phi) is 5.06. The first-order valence-corrected chi connectivity index (χ1v) is 10.3. The summed E-state index contributed by atoms with van der Waals surface area (Å²) in [5.74, 6) is 0.827. The molecule has 1 unspecified atom stereocenters. The lowest BCUT2D eigenvalue weighted by atomic mass is 9.62. The van der Waals surface area contributed by atoms with Crippen LogP contribution in [0.1, 0.15) is 37.8 Å². The Labute approximate surface area is 168 Å². The van der Waals surface area contributed by atoms with Gasteiger partial charge < -0.3 is 19.6 Å². The number of pyridine rings is 1. The van der Waals surface area contributed by atoms with Gasteiger partial charge in [-0.3, -0.25) is 4.98 Å². The molecule has 5 nitrogen and oxygen atoms in total. The van der Waals surface area contributed by atoms with E-state index in [-0.39, 0.29) is 5.41 Å². The van der Waals surface area contributed by atoms with E-state index in [1.54, 1.807) is 0 Å². The molecule has 1 aromatic carbocycles. The summed E-state index contributed by atoms with van der Waals surface area (Å²) in [6, 6.07) is 10.0. The van der Waals surface area contributed by atoms with Crippen LogP contribution in [0.2, 0.25) is 0 Å². The Morgan fingerprint density at radius 3 is 2.39 bits per heavy atom. The number of benzene rings is 1. The van der Waals surface area contributed by atoms with Gasteiger partial charge in [-0.05, 0) is 50.6 Å². The fraction of sp³-hybridized carbons (Fsp3) is 0.522. The highest BCUT2D eigenvalue weighted by Crippen LogP contribution is 2.50. The number of aliphatic hydroxyl groups is 1. The summed E-state index contributed by atoms with van der Waals surface area (Å²) >= 11 is 0. The smallest absolute Gasteiger partial charge is 0.124 e. The zero-order valence-electron chi connectivity index (χ0n) is 17.2. The molecule has 0 aliphatic carbocycles. The molecule has 28 heavy (non-hydrogen) atoms. The van der Waals surface area contributed by atoms with Crippen LogP contribution in [-0.2, 0) is 5.60 Å². The first kappa shape index (κ1) is 19.2. The molecule has 2 aliphatic heterocycles. The monoisotopic (exact) mass is 381 g/mol. The molecular formula is C23H31N3O2. The van der Waals surface area contributed by atoms with Gasteiger partial charge in [-0.15, -0.1) is 0 Å². The van der Waals surface area contributed by atoms with Crippen molar-refractivity contribution in [2.24, 2.45) is 5.41 Å². The van der Waals surface area contributed by atoms with Crippen LogP contribution in [0.25, 0.3) is 0 Å². The minimum Gasteiger partial charge on any atom is -0.494 e. The van der Waals surface area contributed by atoms with Crippen molar-refractivity contribution in [1.29, 1.82) is 0 Å². The molecule has 4 rings (SSSR count). The maximum absolute atomic E-state index is 12.2. The number of nitrogens with zero attached hydrogens (tertiary/aromatic N) is 3. The van der Waals surface area contributed by atoms with Crippen LogP contribution >= 0.6 is 0 Å². The van der Waals surface area contributed by atoms with E-state index in [4.69, 9.17) is 4.74 Å². The average Bonchev–Trinajstić information content (AvgIpc) is 3.22. The number of anilines is 1. The Morgan fingerprint density at radius 2 is 1.79 bits per heavy atom. The highest BCUT2D eigenvalue weighted by Gasteiger charge is 2.55. The van der Waals surface area contributed by atoms with Crippen LogP contribution in [0, 0.1) is 5.41 Å². The topological polar surface area (TPSA) is 48.8 Å². The van der Waals surface area contributed by atoms with E-state index in [9.17, 15) is 5.11 Å². The summed E-state index contributed by atoms with van der Waals surface area (Å²) in [5.41, 5.74) is 1.49. The van der Waals surface area contributed by atoms with E-state index < -0.39 is 5.60 Å². The largest absolute Gasteiger partial charge is 0.494 e. The first-order valence-electron chi connectivity index (χ1n) is 10.3. The number of hydrogen-bond donors (Lipinski definition) is 1.